The van der Waals surface area contributed by atoms with E-state index in [-0.39, 0.29) is 18.7 Å². The quantitative estimate of drug-likeness (QED) is 0.475. The zero-order valence-corrected chi connectivity index (χ0v) is 10.3. The number of carbonyl (C=O) groups excluding carboxylic acids is 1. The van der Waals surface area contributed by atoms with E-state index in [9.17, 15) is 9.59 Å². The first-order valence-electron chi connectivity index (χ1n) is 5.90. The number of rotatable bonds is 10. The second-order valence-electron chi connectivity index (χ2n) is 3.80. The molecule has 1 unspecified atom stereocenters. The topological polar surface area (TPSA) is 102 Å². The molecule has 1 atom stereocenters. The summed E-state index contributed by atoms with van der Waals surface area (Å²) in [6.45, 7) is 3.87. The van der Waals surface area contributed by atoms with Gasteiger partial charge in [-0.2, -0.15) is 0 Å². The maximum atomic E-state index is 11.4. The van der Waals surface area contributed by atoms with Gasteiger partial charge in [-0.1, -0.05) is 6.92 Å². The smallest absolute Gasteiger partial charge is 0.303 e. The number of aliphatic carboxylic acids is 1. The van der Waals surface area contributed by atoms with E-state index in [0.29, 0.717) is 13.2 Å². The maximum Gasteiger partial charge on any atom is 0.303 e. The van der Waals surface area contributed by atoms with Crippen LogP contribution in [0.4, 0.5) is 0 Å². The minimum atomic E-state index is -0.943. The lowest BCUT2D eigenvalue weighted by atomic mass is 10.1. The van der Waals surface area contributed by atoms with Gasteiger partial charge < -0.3 is 20.9 Å². The molecule has 6 nitrogen and oxygen atoms in total. The van der Waals surface area contributed by atoms with E-state index in [4.69, 9.17) is 15.6 Å². The number of hydrogen-bond donors (Lipinski definition) is 3. The van der Waals surface area contributed by atoms with Gasteiger partial charge in [0.15, 0.2) is 0 Å². The van der Waals surface area contributed by atoms with Crippen molar-refractivity contribution in [1.82, 2.24) is 5.32 Å². The van der Waals surface area contributed by atoms with Crippen LogP contribution in [-0.2, 0) is 14.3 Å². The lowest BCUT2D eigenvalue weighted by molar-refractivity contribution is -0.137. The van der Waals surface area contributed by atoms with Gasteiger partial charge in [-0.25, -0.2) is 0 Å². The number of hydrogen-bond acceptors (Lipinski definition) is 4. The van der Waals surface area contributed by atoms with Crippen molar-refractivity contribution in [1.29, 1.82) is 0 Å². The SMILES string of the molecule is CCCOCCCNC(=O)C(N)CCC(=O)O. The number of nitrogens with one attached hydrogen (secondary N) is 1. The van der Waals surface area contributed by atoms with Gasteiger partial charge in [-0.15, -0.1) is 0 Å². The molecule has 0 aromatic rings. The Labute approximate surface area is 102 Å². The van der Waals surface area contributed by atoms with E-state index in [0.717, 1.165) is 19.4 Å². The lowest BCUT2D eigenvalue weighted by Crippen LogP contribution is -2.41. The van der Waals surface area contributed by atoms with Crippen molar-refractivity contribution in [3.05, 3.63) is 0 Å². The van der Waals surface area contributed by atoms with Gasteiger partial charge in [0, 0.05) is 26.2 Å². The molecule has 0 heterocycles. The molecule has 100 valence electrons. The Bertz CT molecular complexity index is 234. The summed E-state index contributed by atoms with van der Waals surface area (Å²) in [5.74, 6) is -1.25. The number of nitrogens with two attached hydrogens (primary N) is 1. The van der Waals surface area contributed by atoms with Crippen molar-refractivity contribution in [3.63, 3.8) is 0 Å². The molecule has 0 aliphatic carbocycles. The molecular weight excluding hydrogens is 224 g/mol. The number of carboxylic acid groups (broad SMARTS) is 1. The number of carboxylic acids is 1. The van der Waals surface area contributed by atoms with Crippen LogP contribution in [0.25, 0.3) is 0 Å². The summed E-state index contributed by atoms with van der Waals surface area (Å²) in [4.78, 5) is 21.7. The molecule has 6 heteroatoms. The highest BCUT2D eigenvalue weighted by Gasteiger charge is 2.13. The van der Waals surface area contributed by atoms with Crippen LogP contribution in [-0.4, -0.2) is 42.8 Å². The Hall–Kier alpha value is -1.14. The molecular formula is C11H22N2O4. The Morgan fingerprint density at radius 3 is 2.71 bits per heavy atom. The van der Waals surface area contributed by atoms with E-state index in [1.165, 1.54) is 0 Å². The minimum Gasteiger partial charge on any atom is -0.481 e. The molecule has 17 heavy (non-hydrogen) atoms. The summed E-state index contributed by atoms with van der Waals surface area (Å²) in [5.41, 5.74) is 5.52. The summed E-state index contributed by atoms with van der Waals surface area (Å²) in [5, 5.41) is 11.1. The first-order chi connectivity index (χ1) is 8.07. The van der Waals surface area contributed by atoms with Crippen LogP contribution in [0, 0.1) is 0 Å². The molecule has 0 aromatic carbocycles. The normalized spacial score (nSPS) is 12.1. The van der Waals surface area contributed by atoms with E-state index in [1.807, 2.05) is 6.92 Å². The predicted molar refractivity (Wildman–Crippen MR) is 63.6 cm³/mol. The zero-order valence-electron chi connectivity index (χ0n) is 10.3. The Kier molecular flexibility index (Phi) is 9.37. The van der Waals surface area contributed by atoms with Crippen molar-refractivity contribution in [2.45, 2.75) is 38.6 Å². The molecule has 0 saturated carbocycles. The van der Waals surface area contributed by atoms with Gasteiger partial charge in [0.25, 0.3) is 0 Å². The van der Waals surface area contributed by atoms with Crippen molar-refractivity contribution in [2.75, 3.05) is 19.8 Å². The molecule has 0 rings (SSSR count). The van der Waals surface area contributed by atoms with E-state index in [1.54, 1.807) is 0 Å². The second-order valence-corrected chi connectivity index (χ2v) is 3.80. The van der Waals surface area contributed by atoms with Gasteiger partial charge in [-0.3, -0.25) is 9.59 Å². The molecule has 0 fully saturated rings. The molecule has 0 aliphatic rings. The van der Waals surface area contributed by atoms with Crippen LogP contribution < -0.4 is 11.1 Å². The molecule has 0 aromatic heterocycles. The van der Waals surface area contributed by atoms with Crippen molar-refractivity contribution < 1.29 is 19.4 Å². The first kappa shape index (κ1) is 15.9. The summed E-state index contributed by atoms with van der Waals surface area (Å²) in [6.07, 6.45) is 1.78. The summed E-state index contributed by atoms with van der Waals surface area (Å²) >= 11 is 0. The standard InChI is InChI=1S/C11H22N2O4/c1-2-7-17-8-3-6-13-11(16)9(12)4-5-10(14)15/h9H,2-8,12H2,1H3,(H,13,16)(H,14,15). The van der Waals surface area contributed by atoms with E-state index in [2.05, 4.69) is 5.32 Å². The fraction of sp³-hybridized carbons (Fsp3) is 0.818. The minimum absolute atomic E-state index is 0.0891. The monoisotopic (exact) mass is 246 g/mol. The average molecular weight is 246 g/mol. The second kappa shape index (κ2) is 10.0. The summed E-state index contributed by atoms with van der Waals surface area (Å²) in [6, 6.07) is -0.748. The summed E-state index contributed by atoms with van der Waals surface area (Å²) < 4.78 is 5.24. The number of amides is 1. The van der Waals surface area contributed by atoms with E-state index >= 15 is 0 Å². The third kappa shape index (κ3) is 9.77. The van der Waals surface area contributed by atoms with Crippen LogP contribution in [0.1, 0.15) is 32.6 Å². The van der Waals surface area contributed by atoms with Crippen molar-refractivity contribution in [3.8, 4) is 0 Å². The van der Waals surface area contributed by atoms with E-state index < -0.39 is 12.0 Å². The van der Waals surface area contributed by atoms with Gasteiger partial charge >= 0.3 is 5.97 Å². The summed E-state index contributed by atoms with van der Waals surface area (Å²) in [7, 11) is 0. The highest BCUT2D eigenvalue weighted by Crippen LogP contribution is 1.94. The zero-order chi connectivity index (χ0) is 13.1. The van der Waals surface area contributed by atoms with Gasteiger partial charge in [0.2, 0.25) is 5.91 Å². The van der Waals surface area contributed by atoms with Crippen molar-refractivity contribution in [2.24, 2.45) is 5.73 Å². The molecule has 0 bridgehead atoms. The Morgan fingerprint density at radius 2 is 2.12 bits per heavy atom. The first-order valence-corrected chi connectivity index (χ1v) is 5.90. The van der Waals surface area contributed by atoms with Gasteiger partial charge in [0.1, 0.15) is 0 Å². The van der Waals surface area contributed by atoms with Crippen LogP contribution in [0.5, 0.6) is 0 Å². The number of carbonyl (C=O) groups is 2. The predicted octanol–water partition coefficient (Wildman–Crippen LogP) is 0.111. The highest BCUT2D eigenvalue weighted by atomic mass is 16.5. The lowest BCUT2D eigenvalue weighted by Gasteiger charge is -2.11. The fourth-order valence-electron chi connectivity index (χ4n) is 1.17. The molecule has 0 spiro atoms. The van der Waals surface area contributed by atoms with Crippen LogP contribution >= 0.6 is 0 Å². The number of ether oxygens (including phenoxy) is 1. The van der Waals surface area contributed by atoms with Crippen LogP contribution in [0.2, 0.25) is 0 Å². The maximum absolute atomic E-state index is 11.4. The van der Waals surface area contributed by atoms with Crippen LogP contribution in [0.15, 0.2) is 0 Å². The largest absolute Gasteiger partial charge is 0.481 e. The van der Waals surface area contributed by atoms with Gasteiger partial charge in [-0.05, 0) is 19.3 Å². The van der Waals surface area contributed by atoms with Gasteiger partial charge in [0.05, 0.1) is 6.04 Å². The van der Waals surface area contributed by atoms with Crippen LogP contribution in [0.3, 0.4) is 0 Å². The molecule has 0 aliphatic heterocycles. The molecule has 1 amide bonds. The highest BCUT2D eigenvalue weighted by molar-refractivity contribution is 5.82. The Morgan fingerprint density at radius 1 is 1.41 bits per heavy atom. The fourth-order valence-corrected chi connectivity index (χ4v) is 1.17. The molecule has 0 saturated heterocycles. The molecule has 0 radical (unpaired) electrons. The Balaban J connectivity index is 3.47. The third-order valence-electron chi connectivity index (χ3n) is 2.12. The third-order valence-corrected chi connectivity index (χ3v) is 2.12. The molecule has 4 N–H and O–H groups in total. The van der Waals surface area contributed by atoms with Crippen molar-refractivity contribution >= 4 is 11.9 Å². The average Bonchev–Trinajstić information content (AvgIpc) is 2.30.